The van der Waals surface area contributed by atoms with Crippen molar-refractivity contribution < 1.29 is 24.3 Å². The fraction of sp³-hybridized carbons (Fsp3) is 0.600. The van der Waals surface area contributed by atoms with Crippen LogP contribution in [-0.2, 0) is 25.6 Å². The van der Waals surface area contributed by atoms with Crippen LogP contribution in [-0.4, -0.2) is 64.4 Å². The maximum absolute atomic E-state index is 13.4. The lowest BCUT2D eigenvalue weighted by Gasteiger charge is -2.29. The number of hydrogen-bond acceptors (Lipinski definition) is 5. The molecule has 1 heterocycles. The molecule has 1 aromatic carbocycles. The first kappa shape index (κ1) is 27.3. The number of nitrogens with two attached hydrogens (primary N) is 1. The molecule has 1 fully saturated rings. The molecule has 34 heavy (non-hydrogen) atoms. The molecule has 9 nitrogen and oxygen atoms in total. The lowest BCUT2D eigenvalue weighted by molar-refractivity contribution is -0.149. The van der Waals surface area contributed by atoms with Crippen LogP contribution in [0, 0.1) is 11.8 Å². The van der Waals surface area contributed by atoms with E-state index < -0.39 is 47.9 Å². The van der Waals surface area contributed by atoms with Crippen LogP contribution in [0.3, 0.4) is 0 Å². The normalized spacial score (nSPS) is 18.4. The molecule has 1 saturated heterocycles. The summed E-state index contributed by atoms with van der Waals surface area (Å²) in [5.74, 6) is -2.40. The van der Waals surface area contributed by atoms with Gasteiger partial charge in [0.15, 0.2) is 0 Å². The predicted molar refractivity (Wildman–Crippen MR) is 129 cm³/mol. The molecule has 4 unspecified atom stereocenters. The topological polar surface area (TPSA) is 142 Å². The van der Waals surface area contributed by atoms with Crippen LogP contribution in [0.5, 0.6) is 0 Å². The van der Waals surface area contributed by atoms with Gasteiger partial charge in [-0.15, -0.1) is 0 Å². The number of nitrogens with zero attached hydrogens (tertiary/aromatic N) is 1. The molecule has 0 spiro atoms. The Balaban J connectivity index is 2.25. The lowest BCUT2D eigenvalue weighted by Crippen LogP contribution is -2.58. The Morgan fingerprint density at radius 1 is 1.03 bits per heavy atom. The lowest BCUT2D eigenvalue weighted by atomic mass is 9.99. The molecule has 0 aliphatic carbocycles. The zero-order chi connectivity index (χ0) is 25.4. The van der Waals surface area contributed by atoms with Gasteiger partial charge in [0.05, 0.1) is 6.04 Å². The fourth-order valence-electron chi connectivity index (χ4n) is 4.08. The first-order chi connectivity index (χ1) is 16.0. The van der Waals surface area contributed by atoms with Crippen LogP contribution in [0.25, 0.3) is 0 Å². The van der Waals surface area contributed by atoms with Crippen LogP contribution in [0.2, 0.25) is 0 Å². The number of carbonyl (C=O) groups excluding carboxylic acids is 3. The van der Waals surface area contributed by atoms with Gasteiger partial charge in [0.25, 0.3) is 0 Å². The van der Waals surface area contributed by atoms with Gasteiger partial charge in [-0.2, -0.15) is 0 Å². The van der Waals surface area contributed by atoms with Gasteiger partial charge in [-0.05, 0) is 36.7 Å². The molecule has 3 amide bonds. The first-order valence-corrected chi connectivity index (χ1v) is 11.9. The maximum atomic E-state index is 13.4. The van der Waals surface area contributed by atoms with E-state index in [1.807, 2.05) is 58.0 Å². The molecule has 1 aromatic rings. The average molecular weight is 475 g/mol. The van der Waals surface area contributed by atoms with Gasteiger partial charge < -0.3 is 26.4 Å². The largest absolute Gasteiger partial charge is 0.480 e. The average Bonchev–Trinajstić information content (AvgIpc) is 3.27. The minimum atomic E-state index is -1.05. The van der Waals surface area contributed by atoms with Crippen molar-refractivity contribution in [1.29, 1.82) is 0 Å². The summed E-state index contributed by atoms with van der Waals surface area (Å²) in [5.41, 5.74) is 6.79. The number of rotatable bonds is 11. The number of aliphatic carboxylic acids is 1. The molecule has 0 bridgehead atoms. The summed E-state index contributed by atoms with van der Waals surface area (Å²) in [7, 11) is 0. The van der Waals surface area contributed by atoms with E-state index in [0.29, 0.717) is 25.8 Å². The SMILES string of the molecule is CC(C)CC(NC(=O)C(N)C(C)C)C(=O)NC(Cc1ccccc1)C(=O)N1CCCC1C(=O)O. The molecule has 2 rings (SSSR count). The predicted octanol–water partition coefficient (Wildman–Crippen LogP) is 1.30. The molecule has 5 N–H and O–H groups in total. The number of carboxylic acids is 1. The summed E-state index contributed by atoms with van der Waals surface area (Å²) in [4.78, 5) is 52.2. The van der Waals surface area contributed by atoms with Gasteiger partial charge in [-0.1, -0.05) is 58.0 Å². The number of carboxylic acid groups (broad SMARTS) is 1. The van der Waals surface area contributed by atoms with Gasteiger partial charge in [0.1, 0.15) is 18.1 Å². The number of nitrogens with one attached hydrogen (secondary N) is 2. The van der Waals surface area contributed by atoms with Gasteiger partial charge in [0, 0.05) is 13.0 Å². The van der Waals surface area contributed by atoms with Crippen molar-refractivity contribution in [2.24, 2.45) is 17.6 Å². The second-order valence-electron chi connectivity index (χ2n) is 9.74. The van der Waals surface area contributed by atoms with Crippen LogP contribution in [0.1, 0.15) is 52.5 Å². The number of hydrogen-bond donors (Lipinski definition) is 4. The Morgan fingerprint density at radius 3 is 2.21 bits per heavy atom. The Hall–Kier alpha value is -2.94. The van der Waals surface area contributed by atoms with Crippen molar-refractivity contribution in [3.63, 3.8) is 0 Å². The Kier molecular flexibility index (Phi) is 10.0. The molecule has 0 radical (unpaired) electrons. The number of carbonyl (C=O) groups is 4. The fourth-order valence-corrected chi connectivity index (χ4v) is 4.08. The quantitative estimate of drug-likeness (QED) is 0.381. The summed E-state index contributed by atoms with van der Waals surface area (Å²) in [6, 6.07) is 5.74. The highest BCUT2D eigenvalue weighted by atomic mass is 16.4. The summed E-state index contributed by atoms with van der Waals surface area (Å²) < 4.78 is 0. The Bertz CT molecular complexity index is 858. The Morgan fingerprint density at radius 2 is 1.65 bits per heavy atom. The molecule has 9 heteroatoms. The minimum Gasteiger partial charge on any atom is -0.480 e. The smallest absolute Gasteiger partial charge is 0.326 e. The molecule has 1 aliphatic rings. The summed E-state index contributed by atoms with van der Waals surface area (Å²) >= 11 is 0. The van der Waals surface area contributed by atoms with E-state index in [2.05, 4.69) is 10.6 Å². The number of amides is 3. The number of benzene rings is 1. The van der Waals surface area contributed by atoms with E-state index in [1.54, 1.807) is 0 Å². The summed E-state index contributed by atoms with van der Waals surface area (Å²) in [6.45, 7) is 7.84. The van der Waals surface area contributed by atoms with E-state index in [-0.39, 0.29) is 18.3 Å². The van der Waals surface area contributed by atoms with Crippen molar-refractivity contribution in [2.45, 2.75) is 77.5 Å². The van der Waals surface area contributed by atoms with Crippen LogP contribution < -0.4 is 16.4 Å². The summed E-state index contributed by atoms with van der Waals surface area (Å²) in [5, 5.41) is 15.1. The number of likely N-dealkylation sites (tertiary alicyclic amines) is 1. The maximum Gasteiger partial charge on any atom is 0.326 e. The van der Waals surface area contributed by atoms with Crippen molar-refractivity contribution in [3.05, 3.63) is 35.9 Å². The highest BCUT2D eigenvalue weighted by molar-refractivity contribution is 5.94. The Labute approximate surface area is 201 Å². The third-order valence-corrected chi connectivity index (χ3v) is 6.08. The highest BCUT2D eigenvalue weighted by Gasteiger charge is 2.38. The monoisotopic (exact) mass is 474 g/mol. The zero-order valence-corrected chi connectivity index (χ0v) is 20.5. The van der Waals surface area contributed by atoms with E-state index in [0.717, 1.165) is 5.56 Å². The van der Waals surface area contributed by atoms with Gasteiger partial charge in [-0.3, -0.25) is 14.4 Å². The highest BCUT2D eigenvalue weighted by Crippen LogP contribution is 2.20. The van der Waals surface area contributed by atoms with Crippen LogP contribution >= 0.6 is 0 Å². The van der Waals surface area contributed by atoms with Crippen molar-refractivity contribution in [1.82, 2.24) is 15.5 Å². The van der Waals surface area contributed by atoms with E-state index >= 15 is 0 Å². The van der Waals surface area contributed by atoms with Gasteiger partial charge in [0.2, 0.25) is 17.7 Å². The standard InChI is InChI=1S/C25H38N4O5/c1-15(2)13-18(27-23(31)21(26)16(3)4)22(30)28-19(14-17-9-6-5-7-10-17)24(32)29-12-8-11-20(29)25(33)34/h5-7,9-10,15-16,18-21H,8,11-14,26H2,1-4H3,(H,27,31)(H,28,30)(H,33,34). The summed E-state index contributed by atoms with van der Waals surface area (Å²) in [6.07, 6.45) is 1.55. The van der Waals surface area contributed by atoms with E-state index in [1.165, 1.54) is 4.90 Å². The van der Waals surface area contributed by atoms with Crippen LogP contribution in [0.4, 0.5) is 0 Å². The van der Waals surface area contributed by atoms with E-state index in [4.69, 9.17) is 5.73 Å². The van der Waals surface area contributed by atoms with Crippen molar-refractivity contribution >= 4 is 23.7 Å². The molecule has 188 valence electrons. The van der Waals surface area contributed by atoms with Gasteiger partial charge >= 0.3 is 5.97 Å². The second-order valence-corrected chi connectivity index (χ2v) is 9.74. The molecule has 1 aliphatic heterocycles. The van der Waals surface area contributed by atoms with Crippen molar-refractivity contribution in [3.8, 4) is 0 Å². The zero-order valence-electron chi connectivity index (χ0n) is 20.5. The van der Waals surface area contributed by atoms with Gasteiger partial charge in [-0.25, -0.2) is 4.79 Å². The molecular weight excluding hydrogens is 436 g/mol. The third kappa shape index (κ3) is 7.55. The third-order valence-electron chi connectivity index (χ3n) is 6.08. The molecule has 0 saturated carbocycles. The van der Waals surface area contributed by atoms with E-state index in [9.17, 15) is 24.3 Å². The van der Waals surface area contributed by atoms with Crippen molar-refractivity contribution in [2.75, 3.05) is 6.54 Å². The minimum absolute atomic E-state index is 0.0988. The second kappa shape index (κ2) is 12.5. The molecule has 0 aromatic heterocycles. The molecular formula is C25H38N4O5. The first-order valence-electron chi connectivity index (χ1n) is 11.9. The molecule has 4 atom stereocenters. The van der Waals surface area contributed by atoms with Crippen LogP contribution in [0.15, 0.2) is 30.3 Å².